The molecule has 1 aliphatic heterocycles. The highest BCUT2D eigenvalue weighted by molar-refractivity contribution is 6.02. The molecule has 3 amide bonds. The van der Waals surface area contributed by atoms with Crippen LogP contribution in [-0.4, -0.2) is 33.3 Å². The molecule has 0 radical (unpaired) electrons. The molecule has 9 heteroatoms. The summed E-state index contributed by atoms with van der Waals surface area (Å²) in [6, 6.07) is 20.2. The second-order valence-corrected chi connectivity index (χ2v) is 8.02. The number of rotatable bonds is 4. The highest BCUT2D eigenvalue weighted by atomic mass is 16.5. The monoisotopic (exact) mass is 452 g/mol. The van der Waals surface area contributed by atoms with E-state index >= 15 is 0 Å². The quantitative estimate of drug-likeness (QED) is 0.372. The van der Waals surface area contributed by atoms with E-state index in [9.17, 15) is 9.59 Å². The lowest BCUT2D eigenvalue weighted by atomic mass is 10.2. The molecule has 3 heterocycles. The van der Waals surface area contributed by atoms with Crippen molar-refractivity contribution in [2.45, 2.75) is 6.67 Å². The van der Waals surface area contributed by atoms with Gasteiger partial charge >= 0.3 is 6.03 Å². The molecule has 0 bridgehead atoms. The van der Waals surface area contributed by atoms with Gasteiger partial charge in [-0.1, -0.05) is 24.3 Å². The molecule has 0 saturated heterocycles. The summed E-state index contributed by atoms with van der Waals surface area (Å²) in [5.74, 6) is 0.354. The molecule has 34 heavy (non-hydrogen) atoms. The van der Waals surface area contributed by atoms with Crippen molar-refractivity contribution in [1.82, 2.24) is 14.8 Å². The topological polar surface area (TPSA) is 104 Å². The van der Waals surface area contributed by atoms with Crippen molar-refractivity contribution < 1.29 is 14.3 Å². The van der Waals surface area contributed by atoms with Crippen LogP contribution in [0.4, 0.5) is 21.9 Å². The van der Waals surface area contributed by atoms with Crippen molar-refractivity contribution in [2.75, 3.05) is 22.1 Å². The lowest BCUT2D eigenvalue weighted by Gasteiger charge is -2.29. The van der Waals surface area contributed by atoms with Gasteiger partial charge in [-0.3, -0.25) is 14.4 Å². The van der Waals surface area contributed by atoms with Gasteiger partial charge in [0.25, 0.3) is 5.91 Å². The molecule has 9 nitrogen and oxygen atoms in total. The Morgan fingerprint density at radius 2 is 1.82 bits per heavy atom. The molecule has 0 saturated carbocycles. The van der Waals surface area contributed by atoms with E-state index in [1.54, 1.807) is 27.8 Å². The summed E-state index contributed by atoms with van der Waals surface area (Å²) in [6.45, 7) is 0.179. The summed E-state index contributed by atoms with van der Waals surface area (Å²) in [5.41, 5.74) is 3.65. The van der Waals surface area contributed by atoms with E-state index in [2.05, 4.69) is 20.7 Å². The van der Waals surface area contributed by atoms with E-state index in [0.717, 1.165) is 21.8 Å². The maximum atomic E-state index is 12.6. The number of nitrogens with zero attached hydrogens (tertiary/aromatic N) is 3. The SMILES string of the molecule is O=C(Nc1ccc2c(c1)OCC(=O)N2Cn1cc2ccccc2n1)Nc1ccc2cc[nH]c2c1. The van der Waals surface area contributed by atoms with E-state index in [1.165, 1.54) is 0 Å². The molecule has 0 atom stereocenters. The fraction of sp³-hybridized carbons (Fsp3) is 0.0800. The van der Waals surface area contributed by atoms with Crippen LogP contribution in [0.3, 0.4) is 0 Å². The molecule has 0 unspecified atom stereocenters. The number of H-pyrrole nitrogens is 1. The summed E-state index contributed by atoms with van der Waals surface area (Å²) < 4.78 is 7.38. The van der Waals surface area contributed by atoms with Crippen molar-refractivity contribution in [3.05, 3.63) is 79.1 Å². The first-order valence-electron chi connectivity index (χ1n) is 10.8. The number of fused-ring (bicyclic) bond motifs is 3. The van der Waals surface area contributed by atoms with E-state index in [4.69, 9.17) is 4.74 Å². The summed E-state index contributed by atoms with van der Waals surface area (Å²) >= 11 is 0. The number of ether oxygens (including phenoxy) is 1. The Morgan fingerprint density at radius 3 is 2.71 bits per heavy atom. The molecule has 0 aliphatic carbocycles. The van der Waals surface area contributed by atoms with Crippen molar-refractivity contribution in [3.63, 3.8) is 0 Å². The van der Waals surface area contributed by atoms with E-state index in [1.807, 2.05) is 60.9 Å². The van der Waals surface area contributed by atoms with Gasteiger partial charge in [0.15, 0.2) is 6.61 Å². The van der Waals surface area contributed by atoms with Gasteiger partial charge in [-0.25, -0.2) is 4.79 Å². The largest absolute Gasteiger partial charge is 0.481 e. The average molecular weight is 452 g/mol. The Balaban J connectivity index is 1.19. The number of anilines is 3. The molecule has 0 fully saturated rings. The highest BCUT2D eigenvalue weighted by Crippen LogP contribution is 2.35. The Hall–Kier alpha value is -4.79. The summed E-state index contributed by atoms with van der Waals surface area (Å²) in [5, 5.41) is 12.3. The van der Waals surface area contributed by atoms with Crippen LogP contribution >= 0.6 is 0 Å². The first-order chi connectivity index (χ1) is 16.6. The standard InChI is InChI=1S/C25H20N6O3/c32-24-14-34-23-12-19(28-25(33)27-18-6-5-16-9-10-26-21(16)11-18)7-8-22(23)31(24)15-30-13-17-3-1-2-4-20(17)29-30/h1-13,26H,14-15H2,(H2,27,28,33). The molecular formula is C25H20N6O3. The number of aromatic nitrogens is 3. The van der Waals surface area contributed by atoms with Gasteiger partial charge in [0.05, 0.1) is 11.2 Å². The fourth-order valence-corrected chi connectivity index (χ4v) is 4.09. The molecule has 2 aromatic heterocycles. The number of hydrogen-bond acceptors (Lipinski definition) is 4. The van der Waals surface area contributed by atoms with Gasteiger partial charge in [-0.05, 0) is 41.8 Å². The zero-order chi connectivity index (χ0) is 23.1. The second kappa shape index (κ2) is 7.96. The third kappa shape index (κ3) is 3.69. The van der Waals surface area contributed by atoms with Crippen LogP contribution in [0.1, 0.15) is 0 Å². The van der Waals surface area contributed by atoms with Crippen LogP contribution in [0.2, 0.25) is 0 Å². The van der Waals surface area contributed by atoms with Crippen molar-refractivity contribution in [1.29, 1.82) is 0 Å². The third-order valence-corrected chi connectivity index (χ3v) is 5.72. The Kier molecular flexibility index (Phi) is 4.65. The van der Waals surface area contributed by atoms with Crippen molar-refractivity contribution >= 4 is 50.8 Å². The number of urea groups is 1. The summed E-state index contributed by atoms with van der Waals surface area (Å²) in [7, 11) is 0. The lowest BCUT2D eigenvalue weighted by molar-refractivity contribution is -0.121. The Morgan fingerprint density at radius 1 is 1.00 bits per heavy atom. The summed E-state index contributed by atoms with van der Waals surface area (Å²) in [4.78, 5) is 29.9. The van der Waals surface area contributed by atoms with Crippen LogP contribution in [0.5, 0.6) is 5.75 Å². The average Bonchev–Trinajstić information content (AvgIpc) is 3.47. The van der Waals surface area contributed by atoms with Crippen molar-refractivity contribution in [3.8, 4) is 5.75 Å². The smallest absolute Gasteiger partial charge is 0.323 e. The highest BCUT2D eigenvalue weighted by Gasteiger charge is 2.26. The Bertz CT molecular complexity index is 1520. The fourth-order valence-electron chi connectivity index (χ4n) is 4.09. The molecule has 1 aliphatic rings. The van der Waals surface area contributed by atoms with Crippen LogP contribution in [0.15, 0.2) is 79.1 Å². The minimum atomic E-state index is -0.377. The molecule has 5 aromatic rings. The zero-order valence-corrected chi connectivity index (χ0v) is 18.0. The number of carbonyl (C=O) groups is 2. The molecule has 6 rings (SSSR count). The predicted octanol–water partition coefficient (Wildman–Crippen LogP) is 4.54. The normalized spacial score (nSPS) is 13.1. The van der Waals surface area contributed by atoms with Crippen LogP contribution in [-0.2, 0) is 11.5 Å². The van der Waals surface area contributed by atoms with Crippen molar-refractivity contribution in [2.24, 2.45) is 0 Å². The minimum Gasteiger partial charge on any atom is -0.481 e. The van der Waals surface area contributed by atoms with Gasteiger partial charge in [0, 0.05) is 40.7 Å². The van der Waals surface area contributed by atoms with Gasteiger partial charge in [-0.2, -0.15) is 5.10 Å². The summed E-state index contributed by atoms with van der Waals surface area (Å²) in [6.07, 6.45) is 3.76. The number of aromatic amines is 1. The molecule has 3 aromatic carbocycles. The third-order valence-electron chi connectivity index (χ3n) is 5.72. The van der Waals surface area contributed by atoms with Gasteiger partial charge in [-0.15, -0.1) is 0 Å². The van der Waals surface area contributed by atoms with Gasteiger partial charge in [0.1, 0.15) is 12.4 Å². The molecule has 0 spiro atoms. The lowest BCUT2D eigenvalue weighted by Crippen LogP contribution is -2.40. The number of carbonyl (C=O) groups excluding carboxylic acids is 2. The maximum absolute atomic E-state index is 12.6. The van der Waals surface area contributed by atoms with E-state index in [-0.39, 0.29) is 25.2 Å². The van der Waals surface area contributed by atoms with Crippen LogP contribution < -0.4 is 20.3 Å². The first kappa shape index (κ1) is 19.9. The first-order valence-corrected chi connectivity index (χ1v) is 10.8. The molecule has 168 valence electrons. The number of benzene rings is 3. The zero-order valence-electron chi connectivity index (χ0n) is 18.0. The van der Waals surface area contributed by atoms with Gasteiger partial charge < -0.3 is 20.4 Å². The van der Waals surface area contributed by atoms with Gasteiger partial charge in [0.2, 0.25) is 0 Å². The minimum absolute atomic E-state index is 0.0837. The maximum Gasteiger partial charge on any atom is 0.323 e. The van der Waals surface area contributed by atoms with Crippen LogP contribution in [0.25, 0.3) is 21.8 Å². The van der Waals surface area contributed by atoms with E-state index < -0.39 is 0 Å². The van der Waals surface area contributed by atoms with Crippen LogP contribution in [0, 0.1) is 0 Å². The number of nitrogens with one attached hydrogen (secondary N) is 3. The Labute approximate surface area is 193 Å². The number of amides is 3. The molecular weight excluding hydrogens is 432 g/mol. The second-order valence-electron chi connectivity index (χ2n) is 8.02. The number of hydrogen-bond donors (Lipinski definition) is 3. The molecule has 3 N–H and O–H groups in total. The van der Waals surface area contributed by atoms with E-state index in [0.29, 0.717) is 22.8 Å². The predicted molar refractivity (Wildman–Crippen MR) is 130 cm³/mol.